The number of anilines is 1. The van der Waals surface area contributed by atoms with E-state index >= 15 is 0 Å². The van der Waals surface area contributed by atoms with Gasteiger partial charge in [-0.25, -0.2) is 4.39 Å². The SMILES string of the molecule is Cc1cc(/C=N\Nc2ccc(F)cc2)c(C)n1CC(C)C. The topological polar surface area (TPSA) is 29.3 Å². The van der Waals surface area contributed by atoms with Gasteiger partial charge in [0.1, 0.15) is 5.82 Å². The highest BCUT2D eigenvalue weighted by molar-refractivity contribution is 5.82. The van der Waals surface area contributed by atoms with Gasteiger partial charge in [-0.3, -0.25) is 5.43 Å². The lowest BCUT2D eigenvalue weighted by molar-refractivity contribution is 0.509. The second-order valence-corrected chi connectivity index (χ2v) is 5.71. The molecule has 0 bridgehead atoms. The molecule has 0 fully saturated rings. The number of nitrogens with one attached hydrogen (secondary N) is 1. The predicted octanol–water partition coefficient (Wildman–Crippen LogP) is 4.35. The second kappa shape index (κ2) is 6.57. The average molecular weight is 287 g/mol. The van der Waals surface area contributed by atoms with Gasteiger partial charge in [0.05, 0.1) is 11.9 Å². The normalized spacial score (nSPS) is 11.5. The highest BCUT2D eigenvalue weighted by Crippen LogP contribution is 2.15. The highest BCUT2D eigenvalue weighted by Gasteiger charge is 2.08. The van der Waals surface area contributed by atoms with Gasteiger partial charge in [0.25, 0.3) is 0 Å². The molecule has 3 nitrogen and oxygen atoms in total. The predicted molar refractivity (Wildman–Crippen MR) is 86.4 cm³/mol. The van der Waals surface area contributed by atoms with Gasteiger partial charge < -0.3 is 4.57 Å². The second-order valence-electron chi connectivity index (χ2n) is 5.71. The van der Waals surface area contributed by atoms with Gasteiger partial charge in [-0.05, 0) is 50.1 Å². The molecule has 112 valence electrons. The van der Waals surface area contributed by atoms with Crippen LogP contribution in [0.4, 0.5) is 10.1 Å². The molecule has 2 aromatic rings. The molecule has 21 heavy (non-hydrogen) atoms. The van der Waals surface area contributed by atoms with Crippen LogP contribution in [0.2, 0.25) is 0 Å². The number of hydrogen-bond acceptors (Lipinski definition) is 2. The third-order valence-corrected chi connectivity index (χ3v) is 3.40. The van der Waals surface area contributed by atoms with Gasteiger partial charge in [-0.15, -0.1) is 0 Å². The molecule has 2 rings (SSSR count). The zero-order valence-corrected chi connectivity index (χ0v) is 13.0. The van der Waals surface area contributed by atoms with E-state index in [1.165, 1.54) is 23.5 Å². The summed E-state index contributed by atoms with van der Waals surface area (Å²) in [5.74, 6) is 0.360. The zero-order valence-electron chi connectivity index (χ0n) is 13.0. The maximum atomic E-state index is 12.8. The molecule has 0 saturated heterocycles. The van der Waals surface area contributed by atoms with Crippen molar-refractivity contribution in [2.24, 2.45) is 11.0 Å². The van der Waals surface area contributed by atoms with Gasteiger partial charge in [-0.2, -0.15) is 5.10 Å². The summed E-state index contributed by atoms with van der Waals surface area (Å²) >= 11 is 0. The molecule has 0 spiro atoms. The molecule has 0 aliphatic carbocycles. The highest BCUT2D eigenvalue weighted by atomic mass is 19.1. The summed E-state index contributed by atoms with van der Waals surface area (Å²) in [5.41, 5.74) is 7.23. The summed E-state index contributed by atoms with van der Waals surface area (Å²) in [6.45, 7) is 9.65. The molecule has 0 aliphatic rings. The Labute approximate surface area is 125 Å². The Morgan fingerprint density at radius 1 is 1.24 bits per heavy atom. The number of hydrogen-bond donors (Lipinski definition) is 1. The number of rotatable bonds is 5. The van der Waals surface area contributed by atoms with Crippen LogP contribution >= 0.6 is 0 Å². The standard InChI is InChI=1S/C17H22FN3/c1-12(2)11-21-13(3)9-15(14(21)4)10-19-20-17-7-5-16(18)6-8-17/h5-10,12,20H,11H2,1-4H3/b19-10-. The first-order chi connectivity index (χ1) is 9.97. The molecule has 1 aromatic heterocycles. The van der Waals surface area contributed by atoms with Crippen LogP contribution < -0.4 is 5.43 Å². The van der Waals surface area contributed by atoms with E-state index in [1.807, 2.05) is 6.21 Å². The van der Waals surface area contributed by atoms with Gasteiger partial charge in [-0.1, -0.05) is 13.8 Å². The maximum Gasteiger partial charge on any atom is 0.123 e. The molecule has 0 aliphatic heterocycles. The lowest BCUT2D eigenvalue weighted by Crippen LogP contribution is -2.08. The number of nitrogens with zero attached hydrogens (tertiary/aromatic N) is 2. The number of halogens is 1. The lowest BCUT2D eigenvalue weighted by atomic mass is 10.2. The fourth-order valence-corrected chi connectivity index (χ4v) is 2.31. The van der Waals surface area contributed by atoms with Gasteiger partial charge in [0.15, 0.2) is 0 Å². The Kier molecular flexibility index (Phi) is 4.78. The monoisotopic (exact) mass is 287 g/mol. The number of hydrazone groups is 1. The third-order valence-electron chi connectivity index (χ3n) is 3.40. The van der Waals surface area contributed by atoms with Gasteiger partial charge in [0, 0.05) is 23.5 Å². The molecule has 1 N–H and O–H groups in total. The first-order valence-electron chi connectivity index (χ1n) is 7.18. The molecule has 0 amide bonds. The van der Waals surface area contributed by atoms with Crippen LogP contribution in [-0.2, 0) is 6.54 Å². The van der Waals surface area contributed by atoms with Crippen molar-refractivity contribution in [3.8, 4) is 0 Å². The van der Waals surface area contributed by atoms with E-state index in [0.717, 1.165) is 17.8 Å². The average Bonchev–Trinajstić information content (AvgIpc) is 2.68. The summed E-state index contributed by atoms with van der Waals surface area (Å²) < 4.78 is 15.1. The van der Waals surface area contributed by atoms with Crippen LogP contribution in [0, 0.1) is 25.6 Å². The van der Waals surface area contributed by atoms with E-state index in [2.05, 4.69) is 48.9 Å². The minimum Gasteiger partial charge on any atom is -0.348 e. The Hall–Kier alpha value is -2.10. The third kappa shape index (κ3) is 3.94. The molecule has 0 atom stereocenters. The molecule has 1 aromatic carbocycles. The van der Waals surface area contributed by atoms with Crippen LogP contribution in [-0.4, -0.2) is 10.8 Å². The first kappa shape index (κ1) is 15.3. The molecule has 1 heterocycles. The van der Waals surface area contributed by atoms with Gasteiger partial charge in [0.2, 0.25) is 0 Å². The number of benzene rings is 1. The van der Waals surface area contributed by atoms with Crippen LogP contribution in [0.1, 0.15) is 30.8 Å². The van der Waals surface area contributed by atoms with Crippen molar-refractivity contribution in [3.63, 3.8) is 0 Å². The van der Waals surface area contributed by atoms with Crippen LogP contribution in [0.3, 0.4) is 0 Å². The smallest absolute Gasteiger partial charge is 0.123 e. The summed E-state index contributed by atoms with van der Waals surface area (Å²) in [6.07, 6.45) is 1.81. The van der Waals surface area contributed by atoms with Gasteiger partial charge >= 0.3 is 0 Å². The largest absolute Gasteiger partial charge is 0.348 e. The van der Waals surface area contributed by atoms with E-state index < -0.39 is 0 Å². The molecule has 0 saturated carbocycles. The van der Waals surface area contributed by atoms with E-state index in [1.54, 1.807) is 12.1 Å². The Bertz CT molecular complexity index is 624. The summed E-state index contributed by atoms with van der Waals surface area (Å²) in [7, 11) is 0. The fourth-order valence-electron chi connectivity index (χ4n) is 2.31. The van der Waals surface area contributed by atoms with Crippen molar-refractivity contribution < 1.29 is 4.39 Å². The Balaban J connectivity index is 2.09. The summed E-state index contributed by atoms with van der Waals surface area (Å²) in [5, 5.41) is 4.23. The molecular weight excluding hydrogens is 265 g/mol. The van der Waals surface area contributed by atoms with Crippen LogP contribution in [0.5, 0.6) is 0 Å². The minimum absolute atomic E-state index is 0.248. The molecule has 0 unspecified atom stereocenters. The van der Waals surface area contributed by atoms with Crippen molar-refractivity contribution in [2.45, 2.75) is 34.2 Å². The fraction of sp³-hybridized carbons (Fsp3) is 0.353. The Morgan fingerprint density at radius 3 is 2.52 bits per heavy atom. The van der Waals surface area contributed by atoms with E-state index in [0.29, 0.717) is 5.92 Å². The lowest BCUT2D eigenvalue weighted by Gasteiger charge is -2.11. The van der Waals surface area contributed by atoms with E-state index in [4.69, 9.17) is 0 Å². The first-order valence-corrected chi connectivity index (χ1v) is 7.18. The van der Waals surface area contributed by atoms with Crippen LogP contribution in [0.25, 0.3) is 0 Å². The van der Waals surface area contributed by atoms with Crippen molar-refractivity contribution in [2.75, 3.05) is 5.43 Å². The summed E-state index contributed by atoms with van der Waals surface area (Å²) in [6, 6.07) is 8.27. The minimum atomic E-state index is -0.248. The summed E-state index contributed by atoms with van der Waals surface area (Å²) in [4.78, 5) is 0. The van der Waals surface area contributed by atoms with Crippen molar-refractivity contribution in [3.05, 3.63) is 53.1 Å². The molecule has 4 heteroatoms. The quantitative estimate of drug-likeness (QED) is 0.643. The van der Waals surface area contributed by atoms with E-state index in [-0.39, 0.29) is 5.82 Å². The number of aryl methyl sites for hydroxylation is 1. The number of aromatic nitrogens is 1. The molecule has 0 radical (unpaired) electrons. The van der Waals surface area contributed by atoms with Crippen molar-refractivity contribution >= 4 is 11.9 Å². The Morgan fingerprint density at radius 2 is 1.90 bits per heavy atom. The van der Waals surface area contributed by atoms with Crippen LogP contribution in [0.15, 0.2) is 35.4 Å². The maximum absolute atomic E-state index is 12.8. The van der Waals surface area contributed by atoms with E-state index in [9.17, 15) is 4.39 Å². The van der Waals surface area contributed by atoms with Crippen molar-refractivity contribution in [1.82, 2.24) is 4.57 Å². The van der Waals surface area contributed by atoms with Crippen molar-refractivity contribution in [1.29, 1.82) is 0 Å². The zero-order chi connectivity index (χ0) is 15.4. The molecular formula is C17H22FN3.